The Labute approximate surface area is 208 Å². The van der Waals surface area contributed by atoms with Crippen molar-refractivity contribution in [1.82, 2.24) is 29.5 Å². The smallest absolute Gasteiger partial charge is 0.228 e. The van der Waals surface area contributed by atoms with Crippen LogP contribution in [0.3, 0.4) is 0 Å². The van der Waals surface area contributed by atoms with E-state index in [1.54, 1.807) is 18.7 Å². The highest BCUT2D eigenvalue weighted by molar-refractivity contribution is 5.88. The Bertz CT molecular complexity index is 1180. The normalized spacial score (nSPS) is 22.8. The molecule has 0 aromatic carbocycles. The van der Waals surface area contributed by atoms with Crippen LogP contribution in [0.5, 0.6) is 0 Å². The number of anilines is 2. The van der Waals surface area contributed by atoms with Crippen LogP contribution in [0, 0.1) is 0 Å². The molecule has 12 heteroatoms. The maximum atomic E-state index is 10.5. The maximum Gasteiger partial charge on any atom is 0.228 e. The Balaban J connectivity index is 1.38. The van der Waals surface area contributed by atoms with E-state index in [2.05, 4.69) is 24.8 Å². The average Bonchev–Trinajstić information content (AvgIpc) is 3.38. The standard InChI is InChI=1S/C24H32N8O4/c33-15-24(34)4-6-30(7-5-24)23-28-19(17-13-25-22(26-14-17)31-8-11-35-12-9-31)20-21(29-23)32(16-27-20)18-3-1-2-10-36-18/h13-14,16,18,33-34H,1-12,15H2. The lowest BCUT2D eigenvalue weighted by atomic mass is 9.93. The fourth-order valence-corrected chi connectivity index (χ4v) is 5.05. The molecule has 2 N–H and O–H groups in total. The summed E-state index contributed by atoms with van der Waals surface area (Å²) in [5.74, 6) is 1.24. The summed E-state index contributed by atoms with van der Waals surface area (Å²) in [6.07, 6.45) is 9.21. The Morgan fingerprint density at radius 3 is 2.36 bits per heavy atom. The quantitative estimate of drug-likeness (QED) is 0.526. The molecule has 3 aromatic rings. The number of morpholine rings is 1. The van der Waals surface area contributed by atoms with Crippen molar-refractivity contribution >= 4 is 23.1 Å². The van der Waals surface area contributed by atoms with Gasteiger partial charge in [0.15, 0.2) is 5.65 Å². The molecule has 36 heavy (non-hydrogen) atoms. The van der Waals surface area contributed by atoms with Gasteiger partial charge in [-0.25, -0.2) is 19.9 Å². The third-order valence-electron chi connectivity index (χ3n) is 7.35. The summed E-state index contributed by atoms with van der Waals surface area (Å²) in [6, 6.07) is 0. The van der Waals surface area contributed by atoms with Gasteiger partial charge in [-0.3, -0.25) is 4.57 Å². The minimum Gasteiger partial charge on any atom is -0.393 e. The van der Waals surface area contributed by atoms with Crippen molar-refractivity contribution in [2.75, 3.05) is 62.4 Å². The van der Waals surface area contributed by atoms with E-state index in [0.29, 0.717) is 67.9 Å². The SMILES string of the molecule is OCC1(O)CCN(c2nc(-c3cnc(N4CCOCC4)nc3)c3ncn(C4CCCCO4)c3n2)CC1. The first-order valence-corrected chi connectivity index (χ1v) is 12.7. The Morgan fingerprint density at radius 2 is 1.67 bits per heavy atom. The third kappa shape index (κ3) is 4.49. The van der Waals surface area contributed by atoms with Crippen LogP contribution in [-0.4, -0.2) is 97.9 Å². The topological polar surface area (TPSA) is 135 Å². The van der Waals surface area contributed by atoms with Crippen molar-refractivity contribution in [2.24, 2.45) is 0 Å². The van der Waals surface area contributed by atoms with Crippen LogP contribution in [0.25, 0.3) is 22.4 Å². The molecule has 1 unspecified atom stereocenters. The summed E-state index contributed by atoms with van der Waals surface area (Å²) in [4.78, 5) is 27.9. The van der Waals surface area contributed by atoms with Crippen LogP contribution in [0.15, 0.2) is 18.7 Å². The number of rotatable bonds is 5. The minimum atomic E-state index is -1.05. The maximum absolute atomic E-state index is 10.5. The predicted octanol–water partition coefficient (Wildman–Crippen LogP) is 1.14. The number of piperidine rings is 1. The molecule has 6 rings (SSSR count). The number of aromatic nitrogens is 6. The van der Waals surface area contributed by atoms with Crippen LogP contribution >= 0.6 is 0 Å². The number of aliphatic hydroxyl groups is 2. The molecule has 0 saturated carbocycles. The van der Waals surface area contributed by atoms with Gasteiger partial charge in [0.2, 0.25) is 11.9 Å². The number of nitrogens with zero attached hydrogens (tertiary/aromatic N) is 8. The summed E-state index contributed by atoms with van der Waals surface area (Å²) in [5, 5.41) is 20.0. The largest absolute Gasteiger partial charge is 0.393 e. The molecule has 3 aliphatic heterocycles. The Morgan fingerprint density at radius 1 is 0.917 bits per heavy atom. The van der Waals surface area contributed by atoms with Crippen molar-refractivity contribution in [1.29, 1.82) is 0 Å². The van der Waals surface area contributed by atoms with Crippen LogP contribution in [0.2, 0.25) is 0 Å². The van der Waals surface area contributed by atoms with Gasteiger partial charge in [0, 0.05) is 50.7 Å². The van der Waals surface area contributed by atoms with E-state index in [0.717, 1.165) is 44.5 Å². The second kappa shape index (κ2) is 9.85. The fraction of sp³-hybridized carbons (Fsp3) is 0.625. The van der Waals surface area contributed by atoms with E-state index >= 15 is 0 Å². The summed E-state index contributed by atoms with van der Waals surface area (Å²) in [5.41, 5.74) is 1.77. The van der Waals surface area contributed by atoms with Gasteiger partial charge in [0.25, 0.3) is 0 Å². The van der Waals surface area contributed by atoms with Gasteiger partial charge in [-0.15, -0.1) is 0 Å². The molecule has 1 atom stereocenters. The zero-order valence-corrected chi connectivity index (χ0v) is 20.3. The van der Waals surface area contributed by atoms with Gasteiger partial charge in [0.05, 0.1) is 31.7 Å². The van der Waals surface area contributed by atoms with Gasteiger partial charge < -0.3 is 29.5 Å². The molecule has 0 bridgehead atoms. The van der Waals surface area contributed by atoms with Crippen molar-refractivity contribution < 1.29 is 19.7 Å². The van der Waals surface area contributed by atoms with Crippen LogP contribution < -0.4 is 9.80 Å². The van der Waals surface area contributed by atoms with Crippen LogP contribution in [0.1, 0.15) is 38.3 Å². The molecule has 0 aliphatic carbocycles. The van der Waals surface area contributed by atoms with E-state index in [9.17, 15) is 10.2 Å². The lowest BCUT2D eigenvalue weighted by Crippen LogP contribution is -2.47. The lowest BCUT2D eigenvalue weighted by molar-refractivity contribution is -0.0327. The molecule has 0 radical (unpaired) electrons. The van der Waals surface area contributed by atoms with Crippen molar-refractivity contribution in [2.45, 2.75) is 43.9 Å². The average molecular weight is 497 g/mol. The molecule has 6 heterocycles. The number of hydrogen-bond acceptors (Lipinski definition) is 11. The number of fused-ring (bicyclic) bond motifs is 1. The molecule has 0 amide bonds. The first-order chi connectivity index (χ1) is 17.6. The number of ether oxygens (including phenoxy) is 2. The molecule has 192 valence electrons. The summed E-state index contributed by atoms with van der Waals surface area (Å²) in [6.45, 7) is 4.43. The van der Waals surface area contributed by atoms with Crippen LogP contribution in [0.4, 0.5) is 11.9 Å². The minimum absolute atomic E-state index is 0.111. The van der Waals surface area contributed by atoms with Gasteiger partial charge in [0.1, 0.15) is 17.4 Å². The summed E-state index contributed by atoms with van der Waals surface area (Å²) < 4.78 is 13.5. The fourth-order valence-electron chi connectivity index (χ4n) is 5.05. The molecule has 3 saturated heterocycles. The molecular formula is C24H32N8O4. The molecule has 3 aromatic heterocycles. The second-order valence-corrected chi connectivity index (χ2v) is 9.76. The molecule has 3 fully saturated rings. The van der Waals surface area contributed by atoms with Gasteiger partial charge in [-0.05, 0) is 32.1 Å². The second-order valence-electron chi connectivity index (χ2n) is 9.76. The zero-order valence-electron chi connectivity index (χ0n) is 20.3. The third-order valence-corrected chi connectivity index (χ3v) is 7.35. The number of imidazole rings is 1. The van der Waals surface area contributed by atoms with Crippen molar-refractivity contribution in [3.8, 4) is 11.3 Å². The highest BCUT2D eigenvalue weighted by Crippen LogP contribution is 2.33. The molecule has 12 nitrogen and oxygen atoms in total. The van der Waals surface area contributed by atoms with Crippen molar-refractivity contribution in [3.05, 3.63) is 18.7 Å². The molecule has 0 spiro atoms. The van der Waals surface area contributed by atoms with Gasteiger partial charge >= 0.3 is 0 Å². The van der Waals surface area contributed by atoms with E-state index in [1.807, 2.05) is 4.57 Å². The molecule has 3 aliphatic rings. The first-order valence-electron chi connectivity index (χ1n) is 12.7. The highest BCUT2D eigenvalue weighted by atomic mass is 16.5. The van der Waals surface area contributed by atoms with Gasteiger partial charge in [-0.2, -0.15) is 4.98 Å². The first kappa shape index (κ1) is 23.5. The predicted molar refractivity (Wildman–Crippen MR) is 132 cm³/mol. The van der Waals surface area contributed by atoms with Crippen LogP contribution in [-0.2, 0) is 9.47 Å². The van der Waals surface area contributed by atoms with Crippen molar-refractivity contribution in [3.63, 3.8) is 0 Å². The monoisotopic (exact) mass is 496 g/mol. The lowest BCUT2D eigenvalue weighted by Gasteiger charge is -2.37. The summed E-state index contributed by atoms with van der Waals surface area (Å²) >= 11 is 0. The number of aliphatic hydroxyl groups excluding tert-OH is 1. The zero-order chi connectivity index (χ0) is 24.5. The summed E-state index contributed by atoms with van der Waals surface area (Å²) in [7, 11) is 0. The van der Waals surface area contributed by atoms with E-state index in [1.165, 1.54) is 0 Å². The Kier molecular flexibility index (Phi) is 6.42. The van der Waals surface area contributed by atoms with E-state index in [4.69, 9.17) is 19.4 Å². The highest BCUT2D eigenvalue weighted by Gasteiger charge is 2.33. The van der Waals surface area contributed by atoms with Gasteiger partial charge in [-0.1, -0.05) is 0 Å². The van der Waals surface area contributed by atoms with E-state index in [-0.39, 0.29) is 12.8 Å². The van der Waals surface area contributed by atoms with E-state index < -0.39 is 5.60 Å². The molecular weight excluding hydrogens is 464 g/mol. The number of hydrogen-bond donors (Lipinski definition) is 2. The Hall–Kier alpha value is -2.93.